The number of hydrogen-bond donors (Lipinski definition) is 4. The Hall–Kier alpha value is -2.28. The molecule has 2 amide bonds. The molecule has 0 spiro atoms. The van der Waals surface area contributed by atoms with Gasteiger partial charge in [0.15, 0.2) is 11.5 Å². The van der Waals surface area contributed by atoms with E-state index in [4.69, 9.17) is 5.73 Å². The maximum Gasteiger partial charge on any atom is 0.254 e. The molecular formula is C13H17N3O4. The Morgan fingerprint density at radius 2 is 2.10 bits per heavy atom. The van der Waals surface area contributed by atoms with Crippen LogP contribution in [0.3, 0.4) is 0 Å². The van der Waals surface area contributed by atoms with Crippen LogP contribution in [0.4, 0.5) is 0 Å². The third-order valence-corrected chi connectivity index (χ3v) is 3.28. The normalized spacial score (nSPS) is 17.9. The zero-order valence-electron chi connectivity index (χ0n) is 10.9. The fraction of sp³-hybridized carbons (Fsp3) is 0.385. The highest BCUT2D eigenvalue weighted by Crippen LogP contribution is 2.26. The zero-order valence-corrected chi connectivity index (χ0v) is 10.9. The number of rotatable bonds is 4. The summed E-state index contributed by atoms with van der Waals surface area (Å²) in [5, 5.41) is 21.8. The Bertz CT molecular complexity index is 526. The van der Waals surface area contributed by atoms with E-state index < -0.39 is 11.8 Å². The van der Waals surface area contributed by atoms with Gasteiger partial charge >= 0.3 is 0 Å². The fourth-order valence-electron chi connectivity index (χ4n) is 2.26. The number of amides is 2. The largest absolute Gasteiger partial charge is 0.504 e. The predicted octanol–water partition coefficient (Wildman–Crippen LogP) is -0.613. The van der Waals surface area contributed by atoms with E-state index in [9.17, 15) is 19.8 Å². The SMILES string of the molecule is NC(=O)CN(C(=O)c1ccc(O)c(O)c1)C1CCNC1. The van der Waals surface area contributed by atoms with Crippen molar-refractivity contribution in [3.05, 3.63) is 23.8 Å². The van der Waals surface area contributed by atoms with Crippen LogP contribution in [-0.4, -0.2) is 52.6 Å². The second-order valence-corrected chi connectivity index (χ2v) is 4.75. The Labute approximate surface area is 116 Å². The molecule has 1 fully saturated rings. The van der Waals surface area contributed by atoms with Crippen molar-refractivity contribution in [2.24, 2.45) is 5.73 Å². The van der Waals surface area contributed by atoms with E-state index >= 15 is 0 Å². The van der Waals surface area contributed by atoms with Gasteiger partial charge in [-0.25, -0.2) is 0 Å². The first-order valence-electron chi connectivity index (χ1n) is 6.31. The van der Waals surface area contributed by atoms with Crippen LogP contribution in [0.25, 0.3) is 0 Å². The third-order valence-electron chi connectivity index (χ3n) is 3.28. The van der Waals surface area contributed by atoms with Crippen molar-refractivity contribution in [2.75, 3.05) is 19.6 Å². The summed E-state index contributed by atoms with van der Waals surface area (Å²) in [6.07, 6.45) is 0.739. The van der Waals surface area contributed by atoms with Gasteiger partial charge in [-0.2, -0.15) is 0 Å². The van der Waals surface area contributed by atoms with Crippen LogP contribution in [0.1, 0.15) is 16.8 Å². The maximum absolute atomic E-state index is 12.4. The number of nitrogens with zero attached hydrogens (tertiary/aromatic N) is 1. The lowest BCUT2D eigenvalue weighted by Crippen LogP contribution is -2.46. The molecule has 7 nitrogen and oxygen atoms in total. The average molecular weight is 279 g/mol. The highest BCUT2D eigenvalue weighted by molar-refractivity contribution is 5.97. The molecule has 1 unspecified atom stereocenters. The standard InChI is InChI=1S/C13H17N3O4/c14-12(19)7-16(9-3-4-15-6-9)13(20)8-1-2-10(17)11(18)5-8/h1-2,5,9,15,17-18H,3-4,6-7H2,(H2,14,19). The molecule has 5 N–H and O–H groups in total. The highest BCUT2D eigenvalue weighted by Gasteiger charge is 2.28. The van der Waals surface area contributed by atoms with Crippen molar-refractivity contribution in [3.63, 3.8) is 0 Å². The number of phenols is 2. The summed E-state index contributed by atoms with van der Waals surface area (Å²) in [7, 11) is 0. The third kappa shape index (κ3) is 3.00. The van der Waals surface area contributed by atoms with Crippen LogP contribution in [-0.2, 0) is 4.79 Å². The van der Waals surface area contributed by atoms with Crippen LogP contribution in [0.15, 0.2) is 18.2 Å². The van der Waals surface area contributed by atoms with Gasteiger partial charge in [-0.05, 0) is 31.2 Å². The number of carbonyl (C=O) groups is 2. The topological polar surface area (TPSA) is 116 Å². The van der Waals surface area contributed by atoms with Crippen molar-refractivity contribution in [2.45, 2.75) is 12.5 Å². The molecule has 20 heavy (non-hydrogen) atoms. The number of benzene rings is 1. The number of hydrogen-bond acceptors (Lipinski definition) is 5. The molecular weight excluding hydrogens is 262 g/mol. The second-order valence-electron chi connectivity index (χ2n) is 4.75. The van der Waals surface area contributed by atoms with Crippen molar-refractivity contribution in [3.8, 4) is 11.5 Å². The van der Waals surface area contributed by atoms with Gasteiger partial charge in [0.25, 0.3) is 5.91 Å². The van der Waals surface area contributed by atoms with E-state index in [1.54, 1.807) is 0 Å². The van der Waals surface area contributed by atoms with Crippen molar-refractivity contribution in [1.82, 2.24) is 10.2 Å². The molecule has 0 saturated carbocycles. The molecule has 1 aliphatic rings. The first kappa shape index (κ1) is 14.1. The minimum atomic E-state index is -0.590. The second kappa shape index (κ2) is 5.79. The monoisotopic (exact) mass is 279 g/mol. The number of nitrogens with one attached hydrogen (secondary N) is 1. The minimum absolute atomic E-state index is 0.106. The highest BCUT2D eigenvalue weighted by atomic mass is 16.3. The summed E-state index contributed by atoms with van der Waals surface area (Å²) in [6, 6.07) is 3.70. The van der Waals surface area contributed by atoms with Crippen LogP contribution < -0.4 is 11.1 Å². The average Bonchev–Trinajstić information content (AvgIpc) is 2.92. The summed E-state index contributed by atoms with van der Waals surface area (Å²) in [5.41, 5.74) is 5.39. The van der Waals surface area contributed by atoms with E-state index in [0.29, 0.717) is 6.54 Å². The van der Waals surface area contributed by atoms with Crippen LogP contribution in [0.2, 0.25) is 0 Å². The number of carbonyl (C=O) groups excluding carboxylic acids is 2. The van der Waals surface area contributed by atoms with Crippen LogP contribution >= 0.6 is 0 Å². The van der Waals surface area contributed by atoms with Gasteiger partial charge in [-0.15, -0.1) is 0 Å². The first-order chi connectivity index (χ1) is 9.49. The van der Waals surface area contributed by atoms with Gasteiger partial charge in [0, 0.05) is 18.2 Å². The molecule has 0 radical (unpaired) electrons. The molecule has 7 heteroatoms. The Balaban J connectivity index is 2.24. The molecule has 2 rings (SSSR count). The first-order valence-corrected chi connectivity index (χ1v) is 6.31. The van der Waals surface area contributed by atoms with E-state index in [-0.39, 0.29) is 29.6 Å². The van der Waals surface area contributed by atoms with Crippen LogP contribution in [0.5, 0.6) is 11.5 Å². The van der Waals surface area contributed by atoms with Crippen molar-refractivity contribution >= 4 is 11.8 Å². The molecule has 0 aliphatic carbocycles. The fourth-order valence-corrected chi connectivity index (χ4v) is 2.26. The van der Waals surface area contributed by atoms with Crippen LogP contribution in [0, 0.1) is 0 Å². The van der Waals surface area contributed by atoms with Gasteiger partial charge in [0.1, 0.15) is 0 Å². The van der Waals surface area contributed by atoms with Gasteiger partial charge in [-0.1, -0.05) is 0 Å². The lowest BCUT2D eigenvalue weighted by Gasteiger charge is -2.27. The van der Waals surface area contributed by atoms with E-state index in [1.807, 2.05) is 0 Å². The smallest absolute Gasteiger partial charge is 0.254 e. The molecule has 0 bridgehead atoms. The van der Waals surface area contributed by atoms with Gasteiger partial charge in [0.2, 0.25) is 5.91 Å². The number of phenolic OH excluding ortho intramolecular Hbond substituents is 2. The molecule has 1 aromatic carbocycles. The van der Waals surface area contributed by atoms with Gasteiger partial charge in [-0.3, -0.25) is 9.59 Å². The van der Waals surface area contributed by atoms with Crippen molar-refractivity contribution in [1.29, 1.82) is 0 Å². The van der Waals surface area contributed by atoms with E-state index in [1.165, 1.54) is 23.1 Å². The minimum Gasteiger partial charge on any atom is -0.504 e. The lowest BCUT2D eigenvalue weighted by molar-refractivity contribution is -0.119. The Kier molecular flexibility index (Phi) is 4.09. The van der Waals surface area contributed by atoms with Crippen molar-refractivity contribution < 1.29 is 19.8 Å². The number of primary amides is 1. The number of nitrogens with two attached hydrogens (primary N) is 1. The Morgan fingerprint density at radius 1 is 1.35 bits per heavy atom. The molecule has 1 aliphatic heterocycles. The Morgan fingerprint density at radius 3 is 2.65 bits per heavy atom. The molecule has 1 saturated heterocycles. The summed E-state index contributed by atoms with van der Waals surface area (Å²) in [4.78, 5) is 25.0. The summed E-state index contributed by atoms with van der Waals surface area (Å²) in [5.74, 6) is -1.66. The van der Waals surface area contributed by atoms with E-state index in [2.05, 4.69) is 5.32 Å². The lowest BCUT2D eigenvalue weighted by atomic mass is 10.1. The summed E-state index contributed by atoms with van der Waals surface area (Å²) in [6.45, 7) is 1.20. The summed E-state index contributed by atoms with van der Waals surface area (Å²) >= 11 is 0. The zero-order chi connectivity index (χ0) is 14.7. The molecule has 108 valence electrons. The molecule has 1 atom stereocenters. The van der Waals surface area contributed by atoms with E-state index in [0.717, 1.165) is 13.0 Å². The quantitative estimate of drug-likeness (QED) is 0.549. The molecule has 1 heterocycles. The molecule has 1 aromatic rings. The number of aromatic hydroxyl groups is 2. The predicted molar refractivity (Wildman–Crippen MR) is 71.3 cm³/mol. The van der Waals surface area contributed by atoms with Gasteiger partial charge < -0.3 is 26.2 Å². The molecule has 0 aromatic heterocycles. The maximum atomic E-state index is 12.4. The summed E-state index contributed by atoms with van der Waals surface area (Å²) < 4.78 is 0. The van der Waals surface area contributed by atoms with Gasteiger partial charge in [0.05, 0.1) is 6.54 Å².